The molecular weight excluding hydrogens is 438 g/mol. The molecule has 0 heterocycles. The van der Waals surface area contributed by atoms with E-state index in [2.05, 4.69) is 15.4 Å². The molecule has 1 aliphatic carbocycles. The van der Waals surface area contributed by atoms with Gasteiger partial charge in [0.05, 0.1) is 4.90 Å². The molecule has 0 spiro atoms. The summed E-state index contributed by atoms with van der Waals surface area (Å²) in [4.78, 5) is 25.9. The number of hydrogen-bond donors (Lipinski definition) is 3. The largest absolute Gasteiger partial charge is 0.344 e. The van der Waals surface area contributed by atoms with Crippen molar-refractivity contribution in [2.45, 2.75) is 69.4 Å². The van der Waals surface area contributed by atoms with Crippen molar-refractivity contribution in [1.82, 2.24) is 10.0 Å². The van der Waals surface area contributed by atoms with E-state index in [1.54, 1.807) is 32.9 Å². The lowest BCUT2D eigenvalue weighted by Crippen LogP contribution is -2.47. The number of hydrogen-bond acceptors (Lipinski definition) is 4. The number of anilines is 1. The molecule has 0 radical (unpaired) electrons. The van der Waals surface area contributed by atoms with Gasteiger partial charge in [-0.3, -0.25) is 9.59 Å². The minimum Gasteiger partial charge on any atom is -0.344 e. The van der Waals surface area contributed by atoms with Crippen molar-refractivity contribution in [3.63, 3.8) is 0 Å². The lowest BCUT2D eigenvalue weighted by atomic mass is 10.0. The van der Waals surface area contributed by atoms with Crippen molar-refractivity contribution in [2.24, 2.45) is 5.92 Å². The maximum atomic E-state index is 13.1. The van der Waals surface area contributed by atoms with Crippen molar-refractivity contribution in [3.8, 4) is 0 Å². The van der Waals surface area contributed by atoms with Crippen molar-refractivity contribution < 1.29 is 18.0 Å². The standard InChI is InChI=1S/C25H33N3O4S/c1-25(2,3)28-33(31,32)21-15-13-20(14-16-21)26-24(30)22(17-18-9-5-4-6-10-18)27-23(29)19-11-7-8-12-19/h4-6,9-10,13-16,19,22,28H,7-8,11-12,17H2,1-3H3,(H,26,30)(H,27,29)/t22-/m0/s1. The van der Waals surface area contributed by atoms with Crippen molar-refractivity contribution in [2.75, 3.05) is 5.32 Å². The minimum absolute atomic E-state index is 0.0455. The second-order valence-electron chi connectivity index (χ2n) is 9.60. The van der Waals surface area contributed by atoms with E-state index < -0.39 is 21.6 Å². The number of sulfonamides is 1. The molecule has 0 aliphatic heterocycles. The molecule has 8 heteroatoms. The first-order valence-corrected chi connectivity index (χ1v) is 12.8. The molecule has 3 rings (SSSR count). The highest BCUT2D eigenvalue weighted by atomic mass is 32.2. The van der Waals surface area contributed by atoms with E-state index in [4.69, 9.17) is 0 Å². The Labute approximate surface area is 196 Å². The Morgan fingerprint density at radius 2 is 1.58 bits per heavy atom. The number of rotatable bonds is 8. The maximum Gasteiger partial charge on any atom is 0.247 e. The molecule has 2 aromatic rings. The third kappa shape index (κ3) is 7.40. The number of amides is 2. The molecule has 1 atom stereocenters. The van der Waals surface area contributed by atoms with Gasteiger partial charge in [0, 0.05) is 23.6 Å². The van der Waals surface area contributed by atoms with E-state index in [0.29, 0.717) is 12.1 Å². The van der Waals surface area contributed by atoms with Gasteiger partial charge in [-0.2, -0.15) is 0 Å². The van der Waals surface area contributed by atoms with Crippen LogP contribution in [-0.2, 0) is 26.0 Å². The molecule has 1 fully saturated rings. The number of benzene rings is 2. The second kappa shape index (κ2) is 10.5. The van der Waals surface area contributed by atoms with E-state index >= 15 is 0 Å². The average Bonchev–Trinajstić information content (AvgIpc) is 3.28. The third-order valence-corrected chi connectivity index (χ3v) is 7.29. The summed E-state index contributed by atoms with van der Waals surface area (Å²) < 4.78 is 27.6. The molecule has 0 bridgehead atoms. The molecule has 1 saturated carbocycles. The highest BCUT2D eigenvalue weighted by Crippen LogP contribution is 2.25. The zero-order chi connectivity index (χ0) is 24.1. The van der Waals surface area contributed by atoms with E-state index in [1.807, 2.05) is 30.3 Å². The Kier molecular flexibility index (Phi) is 7.92. The molecule has 178 valence electrons. The van der Waals surface area contributed by atoms with Crippen LogP contribution in [0.1, 0.15) is 52.0 Å². The van der Waals surface area contributed by atoms with Crippen LogP contribution in [0.2, 0.25) is 0 Å². The van der Waals surface area contributed by atoms with Crippen molar-refractivity contribution in [1.29, 1.82) is 0 Å². The van der Waals surface area contributed by atoms with Crippen LogP contribution in [0.5, 0.6) is 0 Å². The summed E-state index contributed by atoms with van der Waals surface area (Å²) in [5.74, 6) is -0.470. The number of nitrogens with one attached hydrogen (secondary N) is 3. The molecule has 0 saturated heterocycles. The van der Waals surface area contributed by atoms with Gasteiger partial charge in [0.2, 0.25) is 21.8 Å². The quantitative estimate of drug-likeness (QED) is 0.547. The summed E-state index contributed by atoms with van der Waals surface area (Å²) in [6.07, 6.45) is 4.14. The van der Waals surface area contributed by atoms with Crippen LogP contribution in [0.15, 0.2) is 59.5 Å². The Hall–Kier alpha value is -2.71. The fraction of sp³-hybridized carbons (Fsp3) is 0.440. The molecule has 2 aromatic carbocycles. The van der Waals surface area contributed by atoms with Gasteiger partial charge in [-0.15, -0.1) is 0 Å². The molecule has 0 aromatic heterocycles. The van der Waals surface area contributed by atoms with Crippen LogP contribution in [0.4, 0.5) is 5.69 Å². The lowest BCUT2D eigenvalue weighted by Gasteiger charge is -2.21. The van der Waals surface area contributed by atoms with Crippen LogP contribution in [0.25, 0.3) is 0 Å². The topological polar surface area (TPSA) is 104 Å². The summed E-state index contributed by atoms with van der Waals surface area (Å²) in [5.41, 5.74) is 0.801. The molecule has 2 amide bonds. The van der Waals surface area contributed by atoms with Crippen LogP contribution >= 0.6 is 0 Å². The lowest BCUT2D eigenvalue weighted by molar-refractivity contribution is -0.129. The molecule has 1 aliphatic rings. The van der Waals surface area contributed by atoms with Crippen LogP contribution in [0, 0.1) is 5.92 Å². The summed E-state index contributed by atoms with van der Waals surface area (Å²) in [6.45, 7) is 5.31. The van der Waals surface area contributed by atoms with Crippen molar-refractivity contribution >= 4 is 27.5 Å². The average molecular weight is 472 g/mol. The first-order valence-electron chi connectivity index (χ1n) is 11.3. The Balaban J connectivity index is 1.72. The zero-order valence-electron chi connectivity index (χ0n) is 19.4. The van der Waals surface area contributed by atoms with Gasteiger partial charge in [-0.25, -0.2) is 13.1 Å². The van der Waals surface area contributed by atoms with Gasteiger partial charge in [-0.1, -0.05) is 43.2 Å². The molecule has 0 unspecified atom stereocenters. The Bertz CT molecular complexity index is 1060. The fourth-order valence-electron chi connectivity index (χ4n) is 3.95. The molecule has 7 nitrogen and oxygen atoms in total. The van der Waals surface area contributed by atoms with Crippen molar-refractivity contribution in [3.05, 3.63) is 60.2 Å². The predicted octanol–water partition coefficient (Wildman–Crippen LogP) is 3.62. The normalized spacial score (nSPS) is 15.7. The first kappa shape index (κ1) is 24.9. The van der Waals surface area contributed by atoms with E-state index in [0.717, 1.165) is 31.2 Å². The second-order valence-corrected chi connectivity index (χ2v) is 11.3. The smallest absolute Gasteiger partial charge is 0.247 e. The van der Waals surface area contributed by atoms with Gasteiger partial charge in [0.15, 0.2) is 0 Å². The summed E-state index contributed by atoms with van der Waals surface area (Å²) in [5, 5.41) is 5.75. The first-order chi connectivity index (χ1) is 15.5. The SMILES string of the molecule is CC(C)(C)NS(=O)(=O)c1ccc(NC(=O)[C@H](Cc2ccccc2)NC(=O)C2CCCC2)cc1. The minimum atomic E-state index is -3.67. The Morgan fingerprint density at radius 3 is 2.15 bits per heavy atom. The molecule has 3 N–H and O–H groups in total. The van der Waals surface area contributed by atoms with E-state index in [-0.39, 0.29) is 22.6 Å². The summed E-state index contributed by atoms with van der Waals surface area (Å²) in [7, 11) is -3.67. The highest BCUT2D eigenvalue weighted by Gasteiger charge is 2.28. The van der Waals surface area contributed by atoms with Gasteiger partial charge in [0.25, 0.3) is 0 Å². The van der Waals surface area contributed by atoms with E-state index in [9.17, 15) is 18.0 Å². The third-order valence-electron chi connectivity index (χ3n) is 5.51. The monoisotopic (exact) mass is 471 g/mol. The van der Waals surface area contributed by atoms with E-state index in [1.165, 1.54) is 12.1 Å². The van der Waals surface area contributed by atoms with Gasteiger partial charge in [0.1, 0.15) is 6.04 Å². The number of carbonyl (C=O) groups excluding carboxylic acids is 2. The van der Waals surface area contributed by atoms with Gasteiger partial charge < -0.3 is 10.6 Å². The summed E-state index contributed by atoms with van der Waals surface area (Å²) in [6, 6.07) is 14.8. The summed E-state index contributed by atoms with van der Waals surface area (Å²) >= 11 is 0. The molecular formula is C25H33N3O4S. The van der Waals surface area contributed by atoms with Crippen LogP contribution in [0.3, 0.4) is 0 Å². The maximum absolute atomic E-state index is 13.1. The predicted molar refractivity (Wildman–Crippen MR) is 129 cm³/mol. The fourth-order valence-corrected chi connectivity index (χ4v) is 5.36. The van der Waals surface area contributed by atoms with Crippen LogP contribution in [-0.4, -0.2) is 31.8 Å². The van der Waals surface area contributed by atoms with Crippen LogP contribution < -0.4 is 15.4 Å². The highest BCUT2D eigenvalue weighted by molar-refractivity contribution is 7.89. The molecule has 33 heavy (non-hydrogen) atoms. The van der Waals surface area contributed by atoms with Gasteiger partial charge >= 0.3 is 0 Å². The zero-order valence-corrected chi connectivity index (χ0v) is 20.2. The van der Waals surface area contributed by atoms with Gasteiger partial charge in [-0.05, 0) is 63.4 Å². The Morgan fingerprint density at radius 1 is 0.970 bits per heavy atom. The number of carbonyl (C=O) groups is 2.